The maximum atomic E-state index is 11.3. The van der Waals surface area contributed by atoms with E-state index in [1.54, 1.807) is 0 Å². The minimum Gasteiger partial charge on any atom is -0.584 e. The first-order chi connectivity index (χ1) is 7.84. The van der Waals surface area contributed by atoms with Crippen LogP contribution in [0, 0.1) is 11.8 Å². The first-order valence-corrected chi connectivity index (χ1v) is 4.89. The molecule has 0 bridgehead atoms. The number of hydrogen-bond acceptors (Lipinski definition) is 8. The van der Waals surface area contributed by atoms with Crippen molar-refractivity contribution >= 4 is 30.8 Å². The van der Waals surface area contributed by atoms with Gasteiger partial charge in [0.15, 0.2) is 0 Å². The summed E-state index contributed by atoms with van der Waals surface area (Å²) in [5.41, 5.74) is 0. The van der Waals surface area contributed by atoms with Crippen LogP contribution in [0.4, 0.5) is 0 Å². The Morgan fingerprint density at radius 2 is 0.944 bits per heavy atom. The Bertz CT molecular complexity index is 355. The van der Waals surface area contributed by atoms with E-state index in [0.29, 0.717) is 0 Å². The molecule has 92 valence electrons. The van der Waals surface area contributed by atoms with Gasteiger partial charge in [0.2, 0.25) is 0 Å². The van der Waals surface area contributed by atoms with Crippen LogP contribution in [0.5, 0.6) is 0 Å². The van der Waals surface area contributed by atoms with Crippen LogP contribution in [0.1, 0.15) is 13.8 Å². The van der Waals surface area contributed by atoms with Gasteiger partial charge in [-0.25, -0.2) is 0 Å². The number of rotatable bonds is 0. The Labute approximate surface area is 113 Å². The fourth-order valence-corrected chi connectivity index (χ4v) is 1.31. The molecule has 2 saturated heterocycles. The molecule has 2 rings (SSSR count). The van der Waals surface area contributed by atoms with Gasteiger partial charge >= 0.3 is 25.8 Å². The molecule has 0 saturated carbocycles. The molecular formula is C8H8BLiO8. The van der Waals surface area contributed by atoms with Crippen molar-refractivity contribution < 1.29 is 56.7 Å². The average molecular weight is 250 g/mol. The summed E-state index contributed by atoms with van der Waals surface area (Å²) in [5, 5.41) is 0. The summed E-state index contributed by atoms with van der Waals surface area (Å²) >= 11 is 0. The van der Waals surface area contributed by atoms with E-state index in [1.165, 1.54) is 13.8 Å². The van der Waals surface area contributed by atoms with Crippen LogP contribution in [0.2, 0.25) is 0 Å². The first kappa shape index (κ1) is 14.6. The summed E-state index contributed by atoms with van der Waals surface area (Å²) in [5.74, 6) is -6.21. The summed E-state index contributed by atoms with van der Waals surface area (Å²) in [6.45, 7) is -0.913. The van der Waals surface area contributed by atoms with E-state index in [2.05, 4.69) is 18.6 Å². The molecule has 2 heterocycles. The van der Waals surface area contributed by atoms with E-state index in [-0.39, 0.29) is 18.9 Å². The Morgan fingerprint density at radius 3 is 1.17 bits per heavy atom. The summed E-state index contributed by atoms with van der Waals surface area (Å²) < 4.78 is 18.3. The molecule has 0 N–H and O–H groups in total. The zero-order valence-electron chi connectivity index (χ0n) is 10.00. The van der Waals surface area contributed by atoms with Gasteiger partial charge in [-0.1, -0.05) is 0 Å². The van der Waals surface area contributed by atoms with Gasteiger partial charge in [-0.2, -0.15) is 0 Å². The van der Waals surface area contributed by atoms with Crippen LogP contribution in [0.25, 0.3) is 0 Å². The largest absolute Gasteiger partial charge is 1.00 e. The Morgan fingerprint density at radius 1 is 0.722 bits per heavy atom. The van der Waals surface area contributed by atoms with Crippen molar-refractivity contribution in [3.8, 4) is 0 Å². The molecule has 0 radical (unpaired) electrons. The zero-order valence-corrected chi connectivity index (χ0v) is 10.00. The van der Waals surface area contributed by atoms with Crippen LogP contribution in [-0.4, -0.2) is 30.8 Å². The van der Waals surface area contributed by atoms with E-state index >= 15 is 0 Å². The SMILES string of the molecule is CC1C(=O)O[B-]2(OC1=O)OC(=O)C(C)C(=O)O2.[Li+]. The topological polar surface area (TPSA) is 105 Å². The van der Waals surface area contributed by atoms with E-state index in [4.69, 9.17) is 0 Å². The van der Waals surface area contributed by atoms with Crippen molar-refractivity contribution in [1.82, 2.24) is 0 Å². The molecule has 0 unspecified atom stereocenters. The van der Waals surface area contributed by atoms with Crippen LogP contribution in [-0.2, 0) is 37.8 Å². The summed E-state index contributed by atoms with van der Waals surface area (Å²) in [6.07, 6.45) is 0. The molecule has 0 aromatic heterocycles. The molecule has 18 heavy (non-hydrogen) atoms. The molecule has 0 aromatic carbocycles. The molecule has 8 nitrogen and oxygen atoms in total. The number of carbonyl (C=O) groups is 4. The van der Waals surface area contributed by atoms with E-state index in [9.17, 15) is 19.2 Å². The van der Waals surface area contributed by atoms with Crippen molar-refractivity contribution in [3.05, 3.63) is 0 Å². The fourth-order valence-electron chi connectivity index (χ4n) is 1.31. The molecule has 2 fully saturated rings. The molecule has 2 aliphatic heterocycles. The number of carbonyl (C=O) groups excluding carboxylic acids is 4. The van der Waals surface area contributed by atoms with Crippen molar-refractivity contribution in [1.29, 1.82) is 0 Å². The molecule has 0 atom stereocenters. The molecule has 2 aliphatic rings. The minimum absolute atomic E-state index is 0. The van der Waals surface area contributed by atoms with E-state index in [0.717, 1.165) is 0 Å². The van der Waals surface area contributed by atoms with Crippen LogP contribution >= 0.6 is 0 Å². The van der Waals surface area contributed by atoms with Crippen molar-refractivity contribution in [2.75, 3.05) is 0 Å². The third-order valence-corrected chi connectivity index (χ3v) is 2.46. The summed E-state index contributed by atoms with van der Waals surface area (Å²) in [4.78, 5) is 45.1. The number of hydrogen-bond donors (Lipinski definition) is 0. The molecule has 0 aliphatic carbocycles. The van der Waals surface area contributed by atoms with Gasteiger partial charge < -0.3 is 18.6 Å². The van der Waals surface area contributed by atoms with Crippen molar-refractivity contribution in [2.45, 2.75) is 13.8 Å². The fraction of sp³-hybridized carbons (Fsp3) is 0.500. The Kier molecular flexibility index (Phi) is 3.79. The average Bonchev–Trinajstić information content (AvgIpc) is 2.22. The summed E-state index contributed by atoms with van der Waals surface area (Å²) in [6, 6.07) is 0. The third-order valence-electron chi connectivity index (χ3n) is 2.46. The molecule has 1 spiro atoms. The van der Waals surface area contributed by atoms with Crippen LogP contribution in [0.15, 0.2) is 0 Å². The van der Waals surface area contributed by atoms with E-state index < -0.39 is 42.7 Å². The normalized spacial score (nSPS) is 35.0. The molecule has 0 amide bonds. The van der Waals surface area contributed by atoms with Gasteiger partial charge in [-0.05, 0) is 13.8 Å². The predicted octanol–water partition coefficient (Wildman–Crippen LogP) is -4.10. The third kappa shape index (κ3) is 2.24. The van der Waals surface area contributed by atoms with Gasteiger partial charge in [-0.15, -0.1) is 0 Å². The molecule has 0 aromatic rings. The van der Waals surface area contributed by atoms with Gasteiger partial charge in [0.25, 0.3) is 23.9 Å². The van der Waals surface area contributed by atoms with E-state index in [1.807, 2.05) is 0 Å². The standard InChI is InChI=1S/C8H8BO8.Li/c1-3-5(10)14-9(15-6(3)11)16-7(12)4(2)8(13)17-9;/h3-4H,1-2H3;/q-1;+1. The van der Waals surface area contributed by atoms with Gasteiger partial charge in [0, 0.05) is 0 Å². The quantitative estimate of drug-likeness (QED) is 0.315. The first-order valence-electron chi connectivity index (χ1n) is 4.89. The second-order valence-corrected chi connectivity index (χ2v) is 3.77. The van der Waals surface area contributed by atoms with Crippen molar-refractivity contribution in [2.24, 2.45) is 11.8 Å². The maximum absolute atomic E-state index is 11.3. The Hall–Kier alpha value is -1.46. The predicted molar refractivity (Wildman–Crippen MR) is 48.5 cm³/mol. The summed E-state index contributed by atoms with van der Waals surface area (Å²) in [7, 11) is 0. The van der Waals surface area contributed by atoms with Gasteiger partial charge in [0.1, 0.15) is 11.8 Å². The van der Waals surface area contributed by atoms with Gasteiger partial charge in [-0.3, -0.25) is 19.2 Å². The molecular weight excluding hydrogens is 242 g/mol. The Balaban J connectivity index is 0.00000162. The van der Waals surface area contributed by atoms with Gasteiger partial charge in [0.05, 0.1) is 0 Å². The molecule has 10 heteroatoms. The van der Waals surface area contributed by atoms with Crippen LogP contribution in [0.3, 0.4) is 0 Å². The van der Waals surface area contributed by atoms with Crippen LogP contribution < -0.4 is 18.9 Å². The smallest absolute Gasteiger partial charge is 0.584 e. The second-order valence-electron chi connectivity index (χ2n) is 3.77. The monoisotopic (exact) mass is 250 g/mol. The zero-order chi connectivity index (χ0) is 12.8. The maximum Gasteiger partial charge on any atom is 1.00 e. The minimum atomic E-state index is -3.42. The van der Waals surface area contributed by atoms with Crippen molar-refractivity contribution in [3.63, 3.8) is 0 Å². The second kappa shape index (κ2) is 4.67.